The number of primary amides is 1. The summed E-state index contributed by atoms with van der Waals surface area (Å²) < 4.78 is 6.30. The van der Waals surface area contributed by atoms with E-state index in [0.717, 1.165) is 65.2 Å². The normalized spacial score (nSPS) is 20.7. The molecule has 30 heavy (non-hydrogen) atoms. The number of carbonyl (C=O) groups excluding carboxylic acids is 2. The van der Waals surface area contributed by atoms with Crippen LogP contribution in [0.2, 0.25) is 0 Å². The second-order valence-electron chi connectivity index (χ2n) is 7.65. The van der Waals surface area contributed by atoms with E-state index in [1.807, 2.05) is 0 Å². The summed E-state index contributed by atoms with van der Waals surface area (Å²) in [7, 11) is 0. The van der Waals surface area contributed by atoms with Crippen LogP contribution in [0.1, 0.15) is 47.0 Å². The zero-order valence-corrected chi connectivity index (χ0v) is 19.2. The van der Waals surface area contributed by atoms with Gasteiger partial charge in [0.05, 0.1) is 17.4 Å². The quantitative estimate of drug-likeness (QED) is 0.510. The Bertz CT molecular complexity index is 923. The van der Waals surface area contributed by atoms with Gasteiger partial charge in [0.2, 0.25) is 11.0 Å². The highest BCUT2D eigenvalue weighted by Gasteiger charge is 2.27. The van der Waals surface area contributed by atoms with Crippen LogP contribution in [0.3, 0.4) is 0 Å². The highest BCUT2D eigenvalue weighted by atomic mass is 32.2. The Kier molecular flexibility index (Phi) is 6.91. The van der Waals surface area contributed by atoms with Gasteiger partial charge in [-0.1, -0.05) is 30.0 Å². The van der Waals surface area contributed by atoms with Crippen LogP contribution in [0.4, 0.5) is 10.1 Å². The van der Waals surface area contributed by atoms with Gasteiger partial charge in [-0.3, -0.25) is 9.59 Å². The Morgan fingerprint density at radius 1 is 1.30 bits per heavy atom. The van der Waals surface area contributed by atoms with Gasteiger partial charge >= 0.3 is 0 Å². The van der Waals surface area contributed by atoms with E-state index in [-0.39, 0.29) is 17.8 Å². The predicted molar refractivity (Wildman–Crippen MR) is 121 cm³/mol. The third-order valence-electron chi connectivity index (χ3n) is 5.25. The fourth-order valence-corrected chi connectivity index (χ4v) is 6.73. The summed E-state index contributed by atoms with van der Waals surface area (Å²) in [5.41, 5.74) is 7.11. The van der Waals surface area contributed by atoms with E-state index in [4.69, 9.17) is 10.5 Å². The number of nitrogens with zero attached hydrogens (tertiary/aromatic N) is 2. The van der Waals surface area contributed by atoms with E-state index >= 15 is 0 Å². The zero-order chi connectivity index (χ0) is 21.1. The van der Waals surface area contributed by atoms with E-state index in [2.05, 4.69) is 27.8 Å². The number of anilines is 2. The first-order valence-corrected chi connectivity index (χ1v) is 12.7. The molecule has 8 nitrogen and oxygen atoms in total. The minimum atomic E-state index is -0.476. The Morgan fingerprint density at radius 3 is 2.93 bits per heavy atom. The number of nitrogens with two attached hydrogens (primary N) is 1. The van der Waals surface area contributed by atoms with E-state index in [1.54, 1.807) is 0 Å². The molecule has 0 saturated carbocycles. The average molecular weight is 468 g/mol. The second kappa shape index (κ2) is 9.63. The maximum absolute atomic E-state index is 12.5. The molecule has 11 heteroatoms. The lowest BCUT2D eigenvalue weighted by molar-refractivity contribution is -0.113. The Hall–Kier alpha value is -1.69. The van der Waals surface area contributed by atoms with Crippen LogP contribution in [0, 0.1) is 5.92 Å². The van der Waals surface area contributed by atoms with Crippen LogP contribution in [0.15, 0.2) is 4.34 Å². The van der Waals surface area contributed by atoms with Gasteiger partial charge in [0, 0.05) is 18.0 Å². The number of carbonyl (C=O) groups is 2. The van der Waals surface area contributed by atoms with Crippen molar-refractivity contribution in [1.29, 1.82) is 0 Å². The summed E-state index contributed by atoms with van der Waals surface area (Å²) in [5, 5.41) is 15.7. The minimum Gasteiger partial charge on any atom is -0.376 e. The summed E-state index contributed by atoms with van der Waals surface area (Å²) in [4.78, 5) is 25.7. The Labute approximate surface area is 187 Å². The van der Waals surface area contributed by atoms with E-state index in [1.165, 1.54) is 34.4 Å². The number of nitrogens with one attached hydrogen (secondary N) is 2. The third-order valence-corrected chi connectivity index (χ3v) is 8.43. The molecule has 0 spiro atoms. The van der Waals surface area contributed by atoms with Crippen LogP contribution in [-0.4, -0.2) is 47.0 Å². The van der Waals surface area contributed by atoms with Crippen molar-refractivity contribution in [1.82, 2.24) is 10.2 Å². The fourth-order valence-electron chi connectivity index (χ4n) is 3.74. The number of thioether (sulfide) groups is 1. The molecule has 4 rings (SSSR count). The monoisotopic (exact) mass is 467 g/mol. The maximum Gasteiger partial charge on any atom is 0.251 e. The van der Waals surface area contributed by atoms with Crippen LogP contribution >= 0.6 is 34.4 Å². The largest absolute Gasteiger partial charge is 0.376 e. The molecule has 2 amide bonds. The van der Waals surface area contributed by atoms with Crippen molar-refractivity contribution < 1.29 is 14.3 Å². The number of fused-ring (bicyclic) bond motifs is 1. The average Bonchev–Trinajstić information content (AvgIpc) is 3.44. The molecule has 2 aliphatic rings. The Balaban J connectivity index is 1.31. The molecule has 1 fully saturated rings. The summed E-state index contributed by atoms with van der Waals surface area (Å²) in [5.74, 6) is 0.114. The summed E-state index contributed by atoms with van der Waals surface area (Å²) in [6.07, 6.45) is 5.19. The minimum absolute atomic E-state index is 0.182. The molecule has 2 atom stereocenters. The lowest BCUT2D eigenvalue weighted by Crippen LogP contribution is -2.20. The molecule has 4 N–H and O–H groups in total. The lowest BCUT2D eigenvalue weighted by Gasteiger charge is -2.18. The van der Waals surface area contributed by atoms with Gasteiger partial charge < -0.3 is 21.1 Å². The summed E-state index contributed by atoms with van der Waals surface area (Å²) in [6, 6.07) is 0. The van der Waals surface area contributed by atoms with E-state index in [9.17, 15) is 9.59 Å². The van der Waals surface area contributed by atoms with Crippen molar-refractivity contribution >= 4 is 56.4 Å². The van der Waals surface area contributed by atoms with Crippen LogP contribution in [0.5, 0.6) is 0 Å². The highest BCUT2D eigenvalue weighted by molar-refractivity contribution is 8.01. The molecule has 1 saturated heterocycles. The van der Waals surface area contributed by atoms with Crippen molar-refractivity contribution in [2.24, 2.45) is 11.7 Å². The van der Waals surface area contributed by atoms with Crippen molar-refractivity contribution in [3.05, 3.63) is 16.0 Å². The molecule has 162 valence electrons. The molecular weight excluding hydrogens is 442 g/mol. The lowest BCUT2D eigenvalue weighted by atomic mass is 9.88. The molecule has 0 bridgehead atoms. The van der Waals surface area contributed by atoms with Gasteiger partial charge in [-0.25, -0.2) is 0 Å². The molecule has 0 aromatic carbocycles. The maximum atomic E-state index is 12.5. The summed E-state index contributed by atoms with van der Waals surface area (Å²) in [6.45, 7) is 3.74. The smallest absolute Gasteiger partial charge is 0.251 e. The highest BCUT2D eigenvalue weighted by Crippen LogP contribution is 2.39. The molecule has 2 aromatic heterocycles. The second-order valence-corrected chi connectivity index (χ2v) is 11.0. The van der Waals surface area contributed by atoms with Crippen molar-refractivity contribution in [2.75, 3.05) is 29.5 Å². The van der Waals surface area contributed by atoms with Gasteiger partial charge in [-0.2, -0.15) is 0 Å². The first kappa shape index (κ1) is 21.5. The first-order chi connectivity index (χ1) is 14.5. The van der Waals surface area contributed by atoms with Crippen LogP contribution < -0.4 is 16.4 Å². The van der Waals surface area contributed by atoms with Crippen LogP contribution in [0.25, 0.3) is 0 Å². The predicted octanol–water partition coefficient (Wildman–Crippen LogP) is 3.15. The number of hydrogen-bond donors (Lipinski definition) is 3. The van der Waals surface area contributed by atoms with Crippen molar-refractivity contribution in [2.45, 2.75) is 49.5 Å². The third kappa shape index (κ3) is 5.13. The zero-order valence-electron chi connectivity index (χ0n) is 16.7. The number of hydrogen-bond acceptors (Lipinski definition) is 9. The van der Waals surface area contributed by atoms with Gasteiger partial charge in [0.25, 0.3) is 5.91 Å². The van der Waals surface area contributed by atoms with E-state index in [0.29, 0.717) is 16.5 Å². The van der Waals surface area contributed by atoms with Gasteiger partial charge in [0.1, 0.15) is 5.00 Å². The number of rotatable bonds is 8. The topological polar surface area (TPSA) is 119 Å². The SMILES string of the molecule is CC1CCc2c(sc(NC(=O)CSc3nnc(NCC4CCCO4)s3)c2C(N)=O)C1. The number of thiophene rings is 1. The van der Waals surface area contributed by atoms with Gasteiger partial charge in [-0.15, -0.1) is 21.5 Å². The fraction of sp³-hybridized carbons (Fsp3) is 0.579. The first-order valence-electron chi connectivity index (χ1n) is 10.1. The van der Waals surface area contributed by atoms with Crippen molar-refractivity contribution in [3.63, 3.8) is 0 Å². The Morgan fingerprint density at radius 2 is 2.17 bits per heavy atom. The molecular formula is C19H25N5O3S3. The van der Waals surface area contributed by atoms with Gasteiger partial charge in [0.15, 0.2) is 4.34 Å². The number of ether oxygens (including phenoxy) is 1. The molecule has 2 unspecified atom stereocenters. The van der Waals surface area contributed by atoms with Crippen LogP contribution in [-0.2, 0) is 22.4 Å². The van der Waals surface area contributed by atoms with E-state index < -0.39 is 5.91 Å². The summed E-state index contributed by atoms with van der Waals surface area (Å²) >= 11 is 4.22. The number of aromatic nitrogens is 2. The number of amides is 2. The standard InChI is InChI=1S/C19H25N5O3S3/c1-10-4-5-12-13(7-10)29-17(15(12)16(20)26)22-14(25)9-28-19-24-23-18(30-19)21-8-11-3-2-6-27-11/h10-11H,2-9H2,1H3,(H2,20,26)(H,21,23)(H,22,25). The molecule has 3 heterocycles. The molecule has 1 aliphatic carbocycles. The molecule has 2 aromatic rings. The van der Waals surface area contributed by atoms with Crippen molar-refractivity contribution in [3.8, 4) is 0 Å². The van der Waals surface area contributed by atoms with Gasteiger partial charge in [-0.05, 0) is 43.6 Å². The molecule has 1 aliphatic heterocycles. The molecule has 0 radical (unpaired) electrons.